The van der Waals surface area contributed by atoms with Crippen LogP contribution in [-0.2, 0) is 9.53 Å². The van der Waals surface area contributed by atoms with Crippen molar-refractivity contribution < 1.29 is 9.53 Å². The number of nitrogens with one attached hydrogen (secondary N) is 1. The summed E-state index contributed by atoms with van der Waals surface area (Å²) in [6, 6.07) is 0. The fourth-order valence-electron chi connectivity index (χ4n) is 2.66. The van der Waals surface area contributed by atoms with Crippen LogP contribution in [0.4, 0.5) is 0 Å². The largest absolute Gasteiger partial charge is 0.377 e. The summed E-state index contributed by atoms with van der Waals surface area (Å²) in [5.41, 5.74) is 0. The Morgan fingerprint density at radius 3 is 2.67 bits per heavy atom. The first-order valence-corrected chi connectivity index (χ1v) is 6.10. The lowest BCUT2D eigenvalue weighted by Gasteiger charge is -2.16. The Morgan fingerprint density at radius 2 is 2.07 bits per heavy atom. The molecule has 0 aliphatic heterocycles. The topological polar surface area (TPSA) is 38.3 Å². The summed E-state index contributed by atoms with van der Waals surface area (Å²) in [6.45, 7) is 5.34. The predicted molar refractivity (Wildman–Crippen MR) is 58.4 cm³/mol. The minimum atomic E-state index is 0.134. The summed E-state index contributed by atoms with van der Waals surface area (Å²) in [6.07, 6.45) is 3.76. The molecule has 1 amide bonds. The molecule has 1 N–H and O–H groups in total. The number of amides is 1. The Balaban J connectivity index is 1.64. The maximum absolute atomic E-state index is 11.8. The minimum absolute atomic E-state index is 0.134. The molecule has 2 rings (SSSR count). The summed E-state index contributed by atoms with van der Waals surface area (Å²) >= 11 is 0. The lowest BCUT2D eigenvalue weighted by atomic mass is 10.0. The zero-order valence-electron chi connectivity index (χ0n) is 9.66. The summed E-state index contributed by atoms with van der Waals surface area (Å²) in [4.78, 5) is 11.8. The molecular formula is C12H21NO2. The van der Waals surface area contributed by atoms with E-state index in [1.54, 1.807) is 0 Å². The fraction of sp³-hybridized carbons (Fsp3) is 0.917. The molecule has 15 heavy (non-hydrogen) atoms. The number of hydrogen-bond donors (Lipinski definition) is 1. The van der Waals surface area contributed by atoms with Gasteiger partial charge in [0.05, 0.1) is 6.10 Å². The Bertz CT molecular complexity index is 232. The Morgan fingerprint density at radius 1 is 1.40 bits per heavy atom. The number of rotatable bonds is 5. The van der Waals surface area contributed by atoms with Crippen molar-refractivity contribution in [2.75, 3.05) is 13.2 Å². The first-order valence-electron chi connectivity index (χ1n) is 6.10. The van der Waals surface area contributed by atoms with E-state index < -0.39 is 0 Å². The van der Waals surface area contributed by atoms with Crippen LogP contribution in [-0.4, -0.2) is 25.2 Å². The third-order valence-corrected chi connectivity index (χ3v) is 3.63. The van der Waals surface area contributed by atoms with Crippen LogP contribution in [0, 0.1) is 17.8 Å². The van der Waals surface area contributed by atoms with E-state index in [1.165, 1.54) is 6.42 Å². The number of carbonyl (C=O) groups is 1. The number of fused-ring (bicyclic) bond motifs is 1. The molecule has 2 fully saturated rings. The molecule has 0 aromatic carbocycles. The predicted octanol–water partition coefficient (Wildman–Crippen LogP) is 1.57. The first kappa shape index (κ1) is 10.9. The highest BCUT2D eigenvalue weighted by molar-refractivity contribution is 5.79. The van der Waals surface area contributed by atoms with Crippen molar-refractivity contribution >= 4 is 5.91 Å². The van der Waals surface area contributed by atoms with Crippen LogP contribution in [0.1, 0.15) is 33.1 Å². The molecule has 2 aliphatic rings. The van der Waals surface area contributed by atoms with Gasteiger partial charge in [-0.15, -0.1) is 0 Å². The molecule has 2 saturated carbocycles. The normalized spacial score (nSPS) is 34.7. The van der Waals surface area contributed by atoms with E-state index >= 15 is 0 Å². The van der Waals surface area contributed by atoms with Gasteiger partial charge in [0.25, 0.3) is 0 Å². The number of hydrogen-bond acceptors (Lipinski definition) is 2. The van der Waals surface area contributed by atoms with Gasteiger partial charge in [-0.05, 0) is 44.9 Å². The van der Waals surface area contributed by atoms with E-state index in [0.717, 1.165) is 24.7 Å². The van der Waals surface area contributed by atoms with Crippen molar-refractivity contribution in [1.29, 1.82) is 0 Å². The van der Waals surface area contributed by atoms with Crippen LogP contribution in [0.2, 0.25) is 0 Å². The van der Waals surface area contributed by atoms with Gasteiger partial charge in [-0.2, -0.15) is 0 Å². The highest BCUT2D eigenvalue weighted by Crippen LogP contribution is 2.54. The standard InChI is InChI=1S/C12H21NO2/c1-3-15-8(2)7-13-12(14)11-5-9-4-10(9)6-11/h8-11H,3-7H2,1-2H3,(H,13,14). The molecule has 0 aromatic heterocycles. The van der Waals surface area contributed by atoms with Gasteiger partial charge in [-0.1, -0.05) is 0 Å². The van der Waals surface area contributed by atoms with Crippen molar-refractivity contribution in [3.63, 3.8) is 0 Å². The van der Waals surface area contributed by atoms with E-state index in [2.05, 4.69) is 5.32 Å². The average molecular weight is 211 g/mol. The number of ether oxygens (including phenoxy) is 1. The second-order valence-corrected chi connectivity index (χ2v) is 4.94. The van der Waals surface area contributed by atoms with Gasteiger partial charge in [0.1, 0.15) is 0 Å². The van der Waals surface area contributed by atoms with Gasteiger partial charge in [0.15, 0.2) is 0 Å². The maximum atomic E-state index is 11.8. The average Bonchev–Trinajstić information content (AvgIpc) is 2.83. The Hall–Kier alpha value is -0.570. The van der Waals surface area contributed by atoms with Gasteiger partial charge in [-0.25, -0.2) is 0 Å². The van der Waals surface area contributed by atoms with Crippen molar-refractivity contribution in [1.82, 2.24) is 5.32 Å². The molecule has 86 valence electrons. The molecule has 3 heteroatoms. The summed E-state index contributed by atoms with van der Waals surface area (Å²) in [5.74, 6) is 2.30. The fourth-order valence-corrected chi connectivity index (χ4v) is 2.66. The zero-order valence-corrected chi connectivity index (χ0v) is 9.66. The van der Waals surface area contributed by atoms with E-state index in [1.807, 2.05) is 13.8 Å². The second-order valence-electron chi connectivity index (χ2n) is 4.94. The first-order chi connectivity index (χ1) is 7.20. The Kier molecular flexibility index (Phi) is 3.29. The van der Waals surface area contributed by atoms with Crippen LogP contribution in [0.5, 0.6) is 0 Å². The van der Waals surface area contributed by atoms with Gasteiger partial charge in [-0.3, -0.25) is 4.79 Å². The molecule has 0 saturated heterocycles. The molecule has 0 aromatic rings. The van der Waals surface area contributed by atoms with E-state index in [0.29, 0.717) is 19.1 Å². The van der Waals surface area contributed by atoms with Gasteiger partial charge < -0.3 is 10.1 Å². The molecular weight excluding hydrogens is 190 g/mol. The maximum Gasteiger partial charge on any atom is 0.223 e. The quantitative estimate of drug-likeness (QED) is 0.749. The van der Waals surface area contributed by atoms with Gasteiger partial charge in [0.2, 0.25) is 5.91 Å². The monoisotopic (exact) mass is 211 g/mol. The molecule has 0 spiro atoms. The molecule has 0 heterocycles. The van der Waals surface area contributed by atoms with E-state index in [-0.39, 0.29) is 12.0 Å². The van der Waals surface area contributed by atoms with Gasteiger partial charge >= 0.3 is 0 Å². The van der Waals surface area contributed by atoms with Crippen LogP contribution in [0.15, 0.2) is 0 Å². The van der Waals surface area contributed by atoms with Crippen LogP contribution in [0.25, 0.3) is 0 Å². The highest BCUT2D eigenvalue weighted by atomic mass is 16.5. The molecule has 2 aliphatic carbocycles. The molecule has 3 atom stereocenters. The zero-order chi connectivity index (χ0) is 10.8. The van der Waals surface area contributed by atoms with Crippen LogP contribution < -0.4 is 5.32 Å². The van der Waals surface area contributed by atoms with Crippen LogP contribution in [0.3, 0.4) is 0 Å². The number of carbonyl (C=O) groups excluding carboxylic acids is 1. The summed E-state index contributed by atoms with van der Waals surface area (Å²) < 4.78 is 5.37. The van der Waals surface area contributed by atoms with E-state index in [9.17, 15) is 4.79 Å². The van der Waals surface area contributed by atoms with Gasteiger partial charge in [0, 0.05) is 19.1 Å². The summed E-state index contributed by atoms with van der Waals surface area (Å²) in [7, 11) is 0. The van der Waals surface area contributed by atoms with Crippen molar-refractivity contribution in [3.05, 3.63) is 0 Å². The smallest absolute Gasteiger partial charge is 0.223 e. The van der Waals surface area contributed by atoms with Crippen LogP contribution >= 0.6 is 0 Å². The molecule has 0 radical (unpaired) electrons. The highest BCUT2D eigenvalue weighted by Gasteiger charge is 2.47. The van der Waals surface area contributed by atoms with E-state index in [4.69, 9.17) is 4.74 Å². The molecule has 0 bridgehead atoms. The SMILES string of the molecule is CCOC(C)CNC(=O)C1CC2CC2C1. The molecule has 3 nitrogen and oxygen atoms in total. The lowest BCUT2D eigenvalue weighted by Crippen LogP contribution is -2.36. The molecule has 3 unspecified atom stereocenters. The summed E-state index contributed by atoms with van der Waals surface area (Å²) in [5, 5.41) is 2.99. The van der Waals surface area contributed by atoms with Crippen molar-refractivity contribution in [2.24, 2.45) is 17.8 Å². The minimum Gasteiger partial charge on any atom is -0.377 e. The van der Waals surface area contributed by atoms with Crippen molar-refractivity contribution in [3.8, 4) is 0 Å². The lowest BCUT2D eigenvalue weighted by molar-refractivity contribution is -0.125. The third kappa shape index (κ3) is 2.71. The van der Waals surface area contributed by atoms with Crippen molar-refractivity contribution in [2.45, 2.75) is 39.2 Å². The second kappa shape index (κ2) is 4.52. The Labute approximate surface area is 91.6 Å². The third-order valence-electron chi connectivity index (χ3n) is 3.63.